The molecular weight excluding hydrogens is 320 g/mol. The van der Waals surface area contributed by atoms with E-state index in [0.29, 0.717) is 25.0 Å². The molecule has 4 aliphatic carbocycles. The lowest BCUT2D eigenvalue weighted by Crippen LogP contribution is -2.82. The van der Waals surface area contributed by atoms with Gasteiger partial charge in [0, 0.05) is 17.3 Å². The van der Waals surface area contributed by atoms with Gasteiger partial charge in [-0.15, -0.1) is 0 Å². The van der Waals surface area contributed by atoms with Crippen molar-refractivity contribution in [3.63, 3.8) is 0 Å². The van der Waals surface area contributed by atoms with Crippen molar-refractivity contribution in [2.45, 2.75) is 70.1 Å². The Morgan fingerprint density at radius 1 is 1.16 bits per heavy atom. The molecule has 140 valence electrons. The van der Waals surface area contributed by atoms with Gasteiger partial charge in [-0.05, 0) is 42.6 Å². The first-order chi connectivity index (χ1) is 11.6. The maximum atomic E-state index is 11.6. The number of fused-ring (bicyclic) bond motifs is 2. The molecular formula is C20H30O5. The highest BCUT2D eigenvalue weighted by molar-refractivity contribution is 5.35. The van der Waals surface area contributed by atoms with E-state index < -0.39 is 29.5 Å². The van der Waals surface area contributed by atoms with Crippen LogP contribution in [0.1, 0.15) is 46.0 Å². The van der Waals surface area contributed by atoms with Crippen molar-refractivity contribution < 1.29 is 25.2 Å². The molecule has 4 saturated carbocycles. The van der Waals surface area contributed by atoms with Gasteiger partial charge in [0.05, 0.1) is 24.2 Å². The number of aliphatic hydroxyl groups is 4. The van der Waals surface area contributed by atoms with Crippen molar-refractivity contribution in [1.82, 2.24) is 0 Å². The minimum absolute atomic E-state index is 0.0628. The summed E-state index contributed by atoms with van der Waals surface area (Å²) in [6, 6.07) is 0. The molecule has 0 amide bonds. The summed E-state index contributed by atoms with van der Waals surface area (Å²) in [5, 5.41) is 44.9. The molecule has 0 aromatic carbocycles. The Balaban J connectivity index is 1.75. The van der Waals surface area contributed by atoms with Crippen molar-refractivity contribution in [3.8, 4) is 0 Å². The van der Waals surface area contributed by atoms with E-state index in [4.69, 9.17) is 4.74 Å². The van der Waals surface area contributed by atoms with Gasteiger partial charge in [-0.1, -0.05) is 26.8 Å². The number of ether oxygens (including phenoxy) is 1. The summed E-state index contributed by atoms with van der Waals surface area (Å²) in [4.78, 5) is 0. The predicted molar refractivity (Wildman–Crippen MR) is 90.3 cm³/mol. The SMILES string of the molecule is C=C1[C@H]2C[C@@]3([C@H]1O)[C@@H](C[C@@H]2O)[C@]12CCCC(C)(C)[C@H]1[C@H](O)[C@@]3(O)OC2. The number of hydrogen-bond acceptors (Lipinski definition) is 5. The predicted octanol–water partition coefficient (Wildman–Crippen LogP) is 1.20. The molecule has 4 bridgehead atoms. The van der Waals surface area contributed by atoms with Crippen LogP contribution in [0.2, 0.25) is 0 Å². The third kappa shape index (κ3) is 1.53. The molecule has 6 aliphatic rings. The van der Waals surface area contributed by atoms with Crippen LogP contribution in [-0.4, -0.2) is 51.1 Å². The number of hydrogen-bond donors (Lipinski definition) is 4. The summed E-state index contributed by atoms with van der Waals surface area (Å²) in [6.45, 7) is 8.77. The molecule has 9 atom stereocenters. The summed E-state index contributed by atoms with van der Waals surface area (Å²) in [5.74, 6) is -2.15. The minimum Gasteiger partial charge on any atom is -0.392 e. The van der Waals surface area contributed by atoms with Crippen LogP contribution in [0.5, 0.6) is 0 Å². The van der Waals surface area contributed by atoms with Gasteiger partial charge in [-0.25, -0.2) is 0 Å². The van der Waals surface area contributed by atoms with E-state index in [1.165, 1.54) is 0 Å². The maximum Gasteiger partial charge on any atom is 0.201 e. The summed E-state index contributed by atoms with van der Waals surface area (Å²) >= 11 is 0. The Kier molecular flexibility index (Phi) is 3.01. The first kappa shape index (κ1) is 16.7. The van der Waals surface area contributed by atoms with Crippen LogP contribution in [0.25, 0.3) is 0 Å². The Labute approximate surface area is 148 Å². The standard InChI is InChI=1S/C20H30O5/c1-10-11-8-19(15(10)22)13(7-12(11)21)18-6-4-5-17(2,3)14(18)16(23)20(19,24)25-9-18/h11-16,21-24H,1,4-9H2,2-3H3/t11-,12+,13+,14-,15+,16+,18-,19+,20-/m1/s1. The zero-order valence-corrected chi connectivity index (χ0v) is 15.1. The smallest absolute Gasteiger partial charge is 0.201 e. The van der Waals surface area contributed by atoms with Crippen molar-refractivity contribution in [3.05, 3.63) is 12.2 Å². The number of aliphatic hydroxyl groups excluding tert-OH is 3. The molecule has 6 rings (SSSR count). The van der Waals surface area contributed by atoms with Gasteiger partial charge >= 0.3 is 0 Å². The van der Waals surface area contributed by atoms with Crippen LogP contribution in [0.4, 0.5) is 0 Å². The fourth-order valence-corrected chi connectivity index (χ4v) is 8.13. The average molecular weight is 350 g/mol. The highest BCUT2D eigenvalue weighted by atomic mass is 16.6. The molecule has 0 aromatic rings. The van der Waals surface area contributed by atoms with E-state index >= 15 is 0 Å². The monoisotopic (exact) mass is 350 g/mol. The summed E-state index contributed by atoms with van der Waals surface area (Å²) in [6.07, 6.45) is 1.45. The van der Waals surface area contributed by atoms with Gasteiger partial charge in [0.15, 0.2) is 0 Å². The van der Waals surface area contributed by atoms with Crippen molar-refractivity contribution in [2.24, 2.45) is 34.0 Å². The zero-order chi connectivity index (χ0) is 18.0. The van der Waals surface area contributed by atoms with E-state index in [-0.39, 0.29) is 28.6 Å². The van der Waals surface area contributed by atoms with Gasteiger partial charge in [0.2, 0.25) is 5.79 Å². The molecule has 2 heterocycles. The highest BCUT2D eigenvalue weighted by Crippen LogP contribution is 2.77. The second-order valence-corrected chi connectivity index (χ2v) is 10.2. The molecule has 5 heteroatoms. The van der Waals surface area contributed by atoms with Crippen LogP contribution in [0.3, 0.4) is 0 Å². The molecule has 4 N–H and O–H groups in total. The van der Waals surface area contributed by atoms with Gasteiger partial charge in [-0.2, -0.15) is 0 Å². The molecule has 6 fully saturated rings. The Hall–Kier alpha value is -0.460. The fourth-order valence-electron chi connectivity index (χ4n) is 8.13. The topological polar surface area (TPSA) is 90.2 Å². The van der Waals surface area contributed by atoms with E-state index in [9.17, 15) is 20.4 Å². The maximum absolute atomic E-state index is 11.6. The Bertz CT molecular complexity index is 646. The average Bonchev–Trinajstić information content (AvgIpc) is 2.76. The van der Waals surface area contributed by atoms with Crippen LogP contribution in [0.15, 0.2) is 12.2 Å². The lowest BCUT2D eigenvalue weighted by atomic mass is 9.36. The molecule has 25 heavy (non-hydrogen) atoms. The van der Waals surface area contributed by atoms with Gasteiger partial charge in [0.25, 0.3) is 0 Å². The Morgan fingerprint density at radius 2 is 1.88 bits per heavy atom. The number of rotatable bonds is 0. The molecule has 2 saturated heterocycles. The van der Waals surface area contributed by atoms with Crippen LogP contribution >= 0.6 is 0 Å². The summed E-state index contributed by atoms with van der Waals surface area (Å²) in [5.41, 5.74) is -0.771. The van der Waals surface area contributed by atoms with Crippen LogP contribution < -0.4 is 0 Å². The second-order valence-electron chi connectivity index (χ2n) is 10.2. The quantitative estimate of drug-likeness (QED) is 0.493. The third-order valence-corrected chi connectivity index (χ3v) is 9.00. The highest BCUT2D eigenvalue weighted by Gasteiger charge is 2.83. The summed E-state index contributed by atoms with van der Waals surface area (Å²) in [7, 11) is 0. The summed E-state index contributed by atoms with van der Waals surface area (Å²) < 4.78 is 6.00. The molecule has 0 radical (unpaired) electrons. The molecule has 2 aliphatic heterocycles. The first-order valence-electron chi connectivity index (χ1n) is 9.71. The van der Waals surface area contributed by atoms with Gasteiger partial charge in [-0.3, -0.25) is 0 Å². The van der Waals surface area contributed by atoms with Crippen molar-refractivity contribution in [1.29, 1.82) is 0 Å². The fraction of sp³-hybridized carbons (Fsp3) is 0.900. The van der Waals surface area contributed by atoms with Crippen molar-refractivity contribution in [2.75, 3.05) is 6.61 Å². The van der Waals surface area contributed by atoms with Gasteiger partial charge < -0.3 is 25.2 Å². The first-order valence-corrected chi connectivity index (χ1v) is 9.71. The van der Waals surface area contributed by atoms with E-state index in [1.54, 1.807) is 0 Å². The van der Waals surface area contributed by atoms with E-state index in [2.05, 4.69) is 20.4 Å². The zero-order valence-electron chi connectivity index (χ0n) is 15.1. The molecule has 5 nitrogen and oxygen atoms in total. The lowest BCUT2D eigenvalue weighted by molar-refractivity contribution is -0.458. The van der Waals surface area contributed by atoms with E-state index in [0.717, 1.165) is 19.3 Å². The van der Waals surface area contributed by atoms with E-state index in [1.807, 2.05) is 0 Å². The molecule has 2 spiro atoms. The van der Waals surface area contributed by atoms with Crippen LogP contribution in [-0.2, 0) is 4.74 Å². The van der Waals surface area contributed by atoms with Crippen LogP contribution in [0, 0.1) is 34.0 Å². The molecule has 0 unspecified atom stereocenters. The molecule has 0 aromatic heterocycles. The lowest BCUT2D eigenvalue weighted by Gasteiger charge is -2.74. The minimum atomic E-state index is -1.77. The third-order valence-electron chi connectivity index (χ3n) is 9.00. The largest absolute Gasteiger partial charge is 0.392 e. The Morgan fingerprint density at radius 3 is 2.60 bits per heavy atom. The second kappa shape index (κ2) is 4.50. The van der Waals surface area contributed by atoms with Crippen molar-refractivity contribution >= 4 is 0 Å². The van der Waals surface area contributed by atoms with Gasteiger partial charge in [0.1, 0.15) is 6.10 Å². The normalized spacial score (nSPS) is 61.8.